The Hall–Kier alpha value is -1.32. The Labute approximate surface area is 211 Å². The predicted molar refractivity (Wildman–Crippen MR) is 144 cm³/mol. The molecule has 0 aromatic rings. The largest absolute Gasteiger partial charge is 0.462 e. The van der Waals surface area contributed by atoms with Crippen molar-refractivity contribution >= 4 is 11.9 Å². The fourth-order valence-electron chi connectivity index (χ4n) is 4.12. The first-order valence-corrected chi connectivity index (χ1v) is 14.7. The molecule has 200 valence electrons. The lowest BCUT2D eigenvalue weighted by molar-refractivity contribution is -0.142. The summed E-state index contributed by atoms with van der Waals surface area (Å²) in [6.45, 7) is 9.61. The van der Waals surface area contributed by atoms with Gasteiger partial charge in [0.25, 0.3) is 0 Å². The Morgan fingerprint density at radius 3 is 1.06 bits per heavy atom. The Morgan fingerprint density at radius 2 is 0.706 bits per heavy atom. The van der Waals surface area contributed by atoms with E-state index in [1.54, 1.807) is 0 Å². The van der Waals surface area contributed by atoms with Crippen LogP contribution in [0.3, 0.4) is 0 Å². The minimum absolute atomic E-state index is 0.298. The zero-order valence-electron chi connectivity index (χ0n) is 23.2. The third kappa shape index (κ3) is 18.1. The lowest BCUT2D eigenvalue weighted by Gasteiger charge is -2.15. The second-order valence-electron chi connectivity index (χ2n) is 9.68. The van der Waals surface area contributed by atoms with E-state index in [2.05, 4.69) is 27.7 Å². The molecule has 34 heavy (non-hydrogen) atoms. The van der Waals surface area contributed by atoms with Gasteiger partial charge in [0.2, 0.25) is 0 Å². The fraction of sp³-hybridized carbons (Fsp3) is 0.867. The molecule has 4 heteroatoms. The number of hydrogen-bond donors (Lipinski definition) is 0. The van der Waals surface area contributed by atoms with Gasteiger partial charge in [0.05, 0.1) is 13.2 Å². The summed E-state index contributed by atoms with van der Waals surface area (Å²) in [5, 5.41) is 0. The van der Waals surface area contributed by atoms with Gasteiger partial charge in [0.1, 0.15) is 0 Å². The van der Waals surface area contributed by atoms with Gasteiger partial charge in [-0.1, -0.05) is 118 Å². The van der Waals surface area contributed by atoms with E-state index in [9.17, 15) is 9.59 Å². The highest BCUT2D eigenvalue weighted by molar-refractivity contribution is 6.00. The van der Waals surface area contributed by atoms with E-state index in [-0.39, 0.29) is 11.9 Å². The summed E-state index contributed by atoms with van der Waals surface area (Å²) in [7, 11) is 0. The van der Waals surface area contributed by atoms with Crippen molar-refractivity contribution in [1.29, 1.82) is 0 Å². The topological polar surface area (TPSA) is 52.6 Å². The van der Waals surface area contributed by atoms with Crippen molar-refractivity contribution in [3.63, 3.8) is 0 Å². The summed E-state index contributed by atoms with van der Waals surface area (Å²) in [6.07, 6.45) is 21.1. The van der Waals surface area contributed by atoms with Crippen molar-refractivity contribution in [3.8, 4) is 0 Å². The molecule has 0 aromatic heterocycles. The quantitative estimate of drug-likeness (QED) is 0.0784. The maximum absolute atomic E-state index is 13.0. The Kier molecular flexibility index (Phi) is 23.8. The highest BCUT2D eigenvalue weighted by Crippen LogP contribution is 2.22. The molecule has 0 radical (unpaired) electrons. The number of hydrogen-bond acceptors (Lipinski definition) is 4. The molecule has 0 aliphatic carbocycles. The van der Waals surface area contributed by atoms with E-state index in [4.69, 9.17) is 9.47 Å². The SMILES string of the molecule is CCCCCCCCOC(=O)C(CCCCC)=C(CCCCC)C(=O)OCCCCCCCC. The van der Waals surface area contributed by atoms with Crippen LogP contribution in [0.5, 0.6) is 0 Å². The third-order valence-electron chi connectivity index (χ3n) is 6.38. The summed E-state index contributed by atoms with van der Waals surface area (Å²) in [6, 6.07) is 0. The normalized spacial score (nSPS) is 11.9. The maximum Gasteiger partial charge on any atom is 0.334 e. The number of carbonyl (C=O) groups excluding carboxylic acids is 2. The Balaban J connectivity index is 5.04. The van der Waals surface area contributed by atoms with Gasteiger partial charge in [0, 0.05) is 11.1 Å². The standard InChI is InChI=1S/C30H56O4/c1-5-9-13-15-17-21-25-33-29(31)27(23-19-11-7-3)28(24-20-12-8-4)30(32)34-26-22-18-16-14-10-6-2/h5-26H2,1-4H3. The highest BCUT2D eigenvalue weighted by Gasteiger charge is 2.23. The molecule has 0 N–H and O–H groups in total. The minimum Gasteiger partial charge on any atom is -0.462 e. The van der Waals surface area contributed by atoms with Crippen molar-refractivity contribution < 1.29 is 19.1 Å². The van der Waals surface area contributed by atoms with Crippen LogP contribution in [0.1, 0.15) is 156 Å². The molecule has 0 aliphatic heterocycles. The summed E-state index contributed by atoms with van der Waals surface area (Å²) < 4.78 is 11.3. The number of ether oxygens (including phenoxy) is 2. The van der Waals surface area contributed by atoms with Crippen molar-refractivity contribution in [3.05, 3.63) is 11.1 Å². The average Bonchev–Trinajstić information content (AvgIpc) is 2.84. The molecule has 0 unspecified atom stereocenters. The van der Waals surface area contributed by atoms with Crippen LogP contribution in [-0.2, 0) is 19.1 Å². The second kappa shape index (κ2) is 24.8. The zero-order chi connectivity index (χ0) is 25.3. The zero-order valence-corrected chi connectivity index (χ0v) is 23.2. The molecule has 0 saturated heterocycles. The van der Waals surface area contributed by atoms with E-state index in [0.717, 1.165) is 64.2 Å². The van der Waals surface area contributed by atoms with E-state index < -0.39 is 0 Å². The molecule has 0 heterocycles. The molecule has 0 bridgehead atoms. The molecule has 0 aromatic carbocycles. The molecule has 0 fully saturated rings. The van der Waals surface area contributed by atoms with Crippen LogP contribution in [-0.4, -0.2) is 25.2 Å². The fourth-order valence-corrected chi connectivity index (χ4v) is 4.12. The first-order chi connectivity index (χ1) is 16.6. The van der Waals surface area contributed by atoms with Gasteiger partial charge < -0.3 is 9.47 Å². The van der Waals surface area contributed by atoms with Gasteiger partial charge in [0.15, 0.2) is 0 Å². The highest BCUT2D eigenvalue weighted by atomic mass is 16.5. The monoisotopic (exact) mass is 480 g/mol. The van der Waals surface area contributed by atoms with Crippen LogP contribution in [0.15, 0.2) is 11.1 Å². The van der Waals surface area contributed by atoms with Crippen molar-refractivity contribution in [2.24, 2.45) is 0 Å². The number of esters is 2. The van der Waals surface area contributed by atoms with Crippen LogP contribution >= 0.6 is 0 Å². The maximum atomic E-state index is 13.0. The predicted octanol–water partition coefficient (Wildman–Crippen LogP) is 9.25. The summed E-state index contributed by atoms with van der Waals surface area (Å²) in [5.41, 5.74) is 1.15. The third-order valence-corrected chi connectivity index (χ3v) is 6.38. The van der Waals surface area contributed by atoms with E-state index in [1.807, 2.05) is 0 Å². The Morgan fingerprint density at radius 1 is 0.412 bits per heavy atom. The van der Waals surface area contributed by atoms with Crippen LogP contribution in [0.4, 0.5) is 0 Å². The Bertz CT molecular complexity index is 478. The molecule has 0 amide bonds. The summed E-state index contributed by atoms with van der Waals surface area (Å²) >= 11 is 0. The van der Waals surface area contributed by atoms with Gasteiger partial charge >= 0.3 is 11.9 Å². The summed E-state index contributed by atoms with van der Waals surface area (Å²) in [5.74, 6) is -0.597. The number of carbonyl (C=O) groups is 2. The van der Waals surface area contributed by atoms with E-state index in [0.29, 0.717) is 37.2 Å². The lowest BCUT2D eigenvalue weighted by Crippen LogP contribution is -2.18. The van der Waals surface area contributed by atoms with Crippen molar-refractivity contribution in [2.45, 2.75) is 156 Å². The molecule has 0 rings (SSSR count). The van der Waals surface area contributed by atoms with Gasteiger partial charge in [-0.2, -0.15) is 0 Å². The van der Waals surface area contributed by atoms with Crippen LogP contribution in [0, 0.1) is 0 Å². The van der Waals surface area contributed by atoms with Crippen LogP contribution in [0.25, 0.3) is 0 Å². The molecule has 4 nitrogen and oxygen atoms in total. The molecule has 0 saturated carbocycles. The molecular weight excluding hydrogens is 424 g/mol. The van der Waals surface area contributed by atoms with Crippen molar-refractivity contribution in [2.75, 3.05) is 13.2 Å². The van der Waals surface area contributed by atoms with E-state index >= 15 is 0 Å². The summed E-state index contributed by atoms with van der Waals surface area (Å²) in [4.78, 5) is 26.1. The van der Waals surface area contributed by atoms with Crippen LogP contribution < -0.4 is 0 Å². The van der Waals surface area contributed by atoms with Gasteiger partial charge in [-0.3, -0.25) is 0 Å². The lowest BCUT2D eigenvalue weighted by atomic mass is 9.97. The number of rotatable bonds is 24. The average molecular weight is 481 g/mol. The van der Waals surface area contributed by atoms with Gasteiger partial charge in [-0.15, -0.1) is 0 Å². The molecule has 0 aliphatic rings. The smallest absolute Gasteiger partial charge is 0.334 e. The number of unbranched alkanes of at least 4 members (excludes halogenated alkanes) is 14. The first-order valence-electron chi connectivity index (χ1n) is 14.7. The first kappa shape index (κ1) is 32.7. The second-order valence-corrected chi connectivity index (χ2v) is 9.68. The van der Waals surface area contributed by atoms with Crippen LogP contribution in [0.2, 0.25) is 0 Å². The molecule has 0 spiro atoms. The van der Waals surface area contributed by atoms with Gasteiger partial charge in [-0.25, -0.2) is 9.59 Å². The minimum atomic E-state index is -0.298. The molecule has 0 atom stereocenters. The van der Waals surface area contributed by atoms with E-state index in [1.165, 1.54) is 51.4 Å². The molecular formula is C30H56O4. The van der Waals surface area contributed by atoms with Crippen molar-refractivity contribution in [1.82, 2.24) is 0 Å². The van der Waals surface area contributed by atoms with Gasteiger partial charge in [-0.05, 0) is 38.5 Å².